The molecular formula is C24H42. The molecule has 0 radical (unpaired) electrons. The van der Waals surface area contributed by atoms with Gasteiger partial charge in [0, 0.05) is 0 Å². The Bertz CT molecular complexity index is 367. The second-order valence-corrected chi connectivity index (χ2v) is 7.81. The van der Waals surface area contributed by atoms with E-state index in [1.54, 1.807) is 0 Å². The van der Waals surface area contributed by atoms with Gasteiger partial charge in [0.25, 0.3) is 0 Å². The van der Waals surface area contributed by atoms with Gasteiger partial charge in [-0.05, 0) is 30.2 Å². The molecule has 1 aromatic rings. The van der Waals surface area contributed by atoms with Crippen molar-refractivity contribution in [2.75, 3.05) is 0 Å². The summed E-state index contributed by atoms with van der Waals surface area (Å²) in [5.74, 6) is 1.72. The first-order chi connectivity index (χ1) is 11.8. The highest BCUT2D eigenvalue weighted by Crippen LogP contribution is 2.26. The molecule has 1 aromatic carbocycles. The van der Waals surface area contributed by atoms with Crippen molar-refractivity contribution < 1.29 is 0 Å². The van der Waals surface area contributed by atoms with Crippen LogP contribution in [-0.2, 0) is 6.42 Å². The highest BCUT2D eigenvalue weighted by atomic mass is 14.2. The minimum Gasteiger partial charge on any atom is -0.0654 e. The molecule has 0 aromatic heterocycles. The van der Waals surface area contributed by atoms with Crippen molar-refractivity contribution in [3.8, 4) is 0 Å². The Balaban J connectivity index is 2.12. The predicted molar refractivity (Wildman–Crippen MR) is 110 cm³/mol. The molecule has 0 aliphatic heterocycles. The Morgan fingerprint density at radius 2 is 1.25 bits per heavy atom. The maximum absolute atomic E-state index is 2.45. The largest absolute Gasteiger partial charge is 0.0654 e. The molecule has 0 saturated carbocycles. The van der Waals surface area contributed by atoms with Gasteiger partial charge in [0.05, 0.1) is 0 Å². The topological polar surface area (TPSA) is 0 Å². The van der Waals surface area contributed by atoms with Crippen molar-refractivity contribution in [3.63, 3.8) is 0 Å². The van der Waals surface area contributed by atoms with E-state index >= 15 is 0 Å². The molecule has 138 valence electrons. The van der Waals surface area contributed by atoms with Gasteiger partial charge >= 0.3 is 0 Å². The molecule has 0 bridgehead atoms. The van der Waals surface area contributed by atoms with Gasteiger partial charge in [0.2, 0.25) is 0 Å². The van der Waals surface area contributed by atoms with Crippen molar-refractivity contribution in [2.45, 2.75) is 104 Å². The molecule has 24 heavy (non-hydrogen) atoms. The van der Waals surface area contributed by atoms with Crippen LogP contribution in [0.1, 0.15) is 103 Å². The van der Waals surface area contributed by atoms with E-state index in [4.69, 9.17) is 0 Å². The van der Waals surface area contributed by atoms with E-state index in [2.05, 4.69) is 51.1 Å². The summed E-state index contributed by atoms with van der Waals surface area (Å²) in [6.45, 7) is 7.09. The van der Waals surface area contributed by atoms with Crippen molar-refractivity contribution >= 4 is 0 Å². The van der Waals surface area contributed by atoms with E-state index in [0.29, 0.717) is 0 Å². The molecule has 2 unspecified atom stereocenters. The van der Waals surface area contributed by atoms with Crippen molar-refractivity contribution in [1.82, 2.24) is 0 Å². The SMILES string of the molecule is CCCCCCCCCCCCC(Cc1ccccc1)C(C)CC. The lowest BCUT2D eigenvalue weighted by atomic mass is 9.82. The van der Waals surface area contributed by atoms with E-state index in [1.165, 1.54) is 89.0 Å². The average molecular weight is 331 g/mol. The van der Waals surface area contributed by atoms with Gasteiger partial charge in [0.15, 0.2) is 0 Å². The quantitative estimate of drug-likeness (QED) is 0.284. The molecule has 0 saturated heterocycles. The van der Waals surface area contributed by atoms with Crippen LogP contribution in [0.3, 0.4) is 0 Å². The maximum atomic E-state index is 2.45. The third-order valence-corrected chi connectivity index (χ3v) is 5.72. The second-order valence-electron chi connectivity index (χ2n) is 7.81. The fourth-order valence-corrected chi connectivity index (χ4v) is 3.73. The molecule has 0 spiro atoms. The van der Waals surface area contributed by atoms with Crippen LogP contribution in [0.2, 0.25) is 0 Å². The zero-order valence-electron chi connectivity index (χ0n) is 16.7. The van der Waals surface area contributed by atoms with Gasteiger partial charge in [-0.3, -0.25) is 0 Å². The highest BCUT2D eigenvalue weighted by Gasteiger charge is 2.15. The van der Waals surface area contributed by atoms with Gasteiger partial charge < -0.3 is 0 Å². The van der Waals surface area contributed by atoms with Crippen LogP contribution >= 0.6 is 0 Å². The summed E-state index contributed by atoms with van der Waals surface area (Å²) in [5, 5.41) is 0. The number of rotatable bonds is 15. The summed E-state index contributed by atoms with van der Waals surface area (Å²) in [6.07, 6.45) is 18.4. The van der Waals surface area contributed by atoms with E-state index in [9.17, 15) is 0 Å². The zero-order chi connectivity index (χ0) is 17.5. The minimum absolute atomic E-state index is 0.851. The van der Waals surface area contributed by atoms with Gasteiger partial charge in [-0.1, -0.05) is 122 Å². The van der Waals surface area contributed by atoms with Gasteiger partial charge in [-0.15, -0.1) is 0 Å². The molecule has 2 atom stereocenters. The fourth-order valence-electron chi connectivity index (χ4n) is 3.73. The first kappa shape index (κ1) is 21.3. The highest BCUT2D eigenvalue weighted by molar-refractivity contribution is 5.15. The molecule has 0 amide bonds. The first-order valence-corrected chi connectivity index (χ1v) is 10.8. The molecule has 0 N–H and O–H groups in total. The number of hydrogen-bond donors (Lipinski definition) is 0. The molecule has 1 rings (SSSR count). The molecule has 0 aliphatic carbocycles. The first-order valence-electron chi connectivity index (χ1n) is 10.8. The van der Waals surface area contributed by atoms with Gasteiger partial charge in [-0.25, -0.2) is 0 Å². The van der Waals surface area contributed by atoms with E-state index in [0.717, 1.165) is 11.8 Å². The second kappa shape index (κ2) is 14.6. The van der Waals surface area contributed by atoms with E-state index in [1.807, 2.05) is 0 Å². The third kappa shape index (κ3) is 10.2. The van der Waals surface area contributed by atoms with Crippen LogP contribution in [-0.4, -0.2) is 0 Å². The normalized spacial score (nSPS) is 13.8. The van der Waals surface area contributed by atoms with E-state index < -0.39 is 0 Å². The predicted octanol–water partition coefficient (Wildman–Crippen LogP) is 8.20. The smallest absolute Gasteiger partial charge is 0.0248 e. The van der Waals surface area contributed by atoms with Crippen LogP contribution in [0, 0.1) is 11.8 Å². The molecular weight excluding hydrogens is 288 g/mol. The van der Waals surface area contributed by atoms with Crippen LogP contribution in [0.25, 0.3) is 0 Å². The van der Waals surface area contributed by atoms with Gasteiger partial charge in [-0.2, -0.15) is 0 Å². The Morgan fingerprint density at radius 3 is 1.79 bits per heavy atom. The summed E-state index contributed by atoms with van der Waals surface area (Å²) < 4.78 is 0. The minimum atomic E-state index is 0.851. The summed E-state index contributed by atoms with van der Waals surface area (Å²) in [4.78, 5) is 0. The summed E-state index contributed by atoms with van der Waals surface area (Å²) in [7, 11) is 0. The Labute approximate surface area is 152 Å². The lowest BCUT2D eigenvalue weighted by Crippen LogP contribution is -2.14. The summed E-state index contributed by atoms with van der Waals surface area (Å²) >= 11 is 0. The fraction of sp³-hybridized carbons (Fsp3) is 0.750. The Kier molecular flexibility index (Phi) is 12.9. The maximum Gasteiger partial charge on any atom is -0.0248 e. The van der Waals surface area contributed by atoms with Crippen LogP contribution in [0.4, 0.5) is 0 Å². The lowest BCUT2D eigenvalue weighted by Gasteiger charge is -2.23. The standard InChI is InChI=1S/C24H42/c1-4-6-7-8-9-10-11-12-13-17-20-24(22(3)5-2)21-23-18-15-14-16-19-23/h14-16,18-19,22,24H,4-13,17,20-21H2,1-3H3. The Morgan fingerprint density at radius 1 is 0.708 bits per heavy atom. The lowest BCUT2D eigenvalue weighted by molar-refractivity contribution is 0.313. The van der Waals surface area contributed by atoms with Gasteiger partial charge in [0.1, 0.15) is 0 Å². The zero-order valence-corrected chi connectivity index (χ0v) is 16.7. The molecule has 0 nitrogen and oxygen atoms in total. The van der Waals surface area contributed by atoms with E-state index in [-0.39, 0.29) is 0 Å². The number of unbranched alkanes of at least 4 members (excludes halogenated alkanes) is 9. The van der Waals surface area contributed by atoms with Crippen molar-refractivity contribution in [3.05, 3.63) is 35.9 Å². The Hall–Kier alpha value is -0.780. The van der Waals surface area contributed by atoms with Crippen molar-refractivity contribution in [2.24, 2.45) is 11.8 Å². The molecule has 0 fully saturated rings. The summed E-state index contributed by atoms with van der Waals surface area (Å²) in [5.41, 5.74) is 1.52. The third-order valence-electron chi connectivity index (χ3n) is 5.72. The number of hydrogen-bond acceptors (Lipinski definition) is 0. The molecule has 0 heteroatoms. The monoisotopic (exact) mass is 330 g/mol. The summed E-state index contributed by atoms with van der Waals surface area (Å²) in [6, 6.07) is 11.1. The average Bonchev–Trinajstić information content (AvgIpc) is 2.62. The van der Waals surface area contributed by atoms with Crippen LogP contribution < -0.4 is 0 Å². The van der Waals surface area contributed by atoms with Crippen LogP contribution in [0.5, 0.6) is 0 Å². The number of benzene rings is 1. The van der Waals surface area contributed by atoms with Crippen molar-refractivity contribution in [1.29, 1.82) is 0 Å². The van der Waals surface area contributed by atoms with Crippen LogP contribution in [0.15, 0.2) is 30.3 Å². The molecule has 0 heterocycles. The molecule has 0 aliphatic rings.